The Kier molecular flexibility index (Phi) is 2.81. The second-order valence-corrected chi connectivity index (χ2v) is 4.69. The molecule has 0 bridgehead atoms. The molecule has 2 heteroatoms. The van der Waals surface area contributed by atoms with Gasteiger partial charge in [-0.2, -0.15) is 0 Å². The second-order valence-electron chi connectivity index (χ2n) is 4.69. The van der Waals surface area contributed by atoms with E-state index in [2.05, 4.69) is 18.2 Å². The predicted octanol–water partition coefficient (Wildman–Crippen LogP) is 1.50. The molecule has 0 fully saturated rings. The molecule has 0 spiro atoms. The first kappa shape index (κ1) is 10.7. The fraction of sp³-hybridized carbons (Fsp3) is 0.538. The summed E-state index contributed by atoms with van der Waals surface area (Å²) >= 11 is 0. The molecule has 0 aliphatic heterocycles. The highest BCUT2D eigenvalue weighted by atomic mass is 16.3. The van der Waals surface area contributed by atoms with E-state index in [1.165, 1.54) is 11.1 Å². The van der Waals surface area contributed by atoms with E-state index < -0.39 is 5.60 Å². The van der Waals surface area contributed by atoms with Crippen LogP contribution in [-0.4, -0.2) is 17.3 Å². The Balaban J connectivity index is 2.24. The van der Waals surface area contributed by atoms with Crippen molar-refractivity contribution in [1.82, 2.24) is 0 Å². The lowest BCUT2D eigenvalue weighted by molar-refractivity contribution is -0.0206. The van der Waals surface area contributed by atoms with Gasteiger partial charge in [0.1, 0.15) is 0 Å². The molecule has 0 heterocycles. The third-order valence-corrected chi connectivity index (χ3v) is 3.71. The molecule has 15 heavy (non-hydrogen) atoms. The number of hydrogen-bond acceptors (Lipinski definition) is 2. The van der Waals surface area contributed by atoms with Crippen molar-refractivity contribution in [3.05, 3.63) is 35.4 Å². The van der Waals surface area contributed by atoms with Crippen LogP contribution in [0.4, 0.5) is 0 Å². The largest absolute Gasteiger partial charge is 0.389 e. The maximum absolute atomic E-state index is 10.5. The summed E-state index contributed by atoms with van der Waals surface area (Å²) in [4.78, 5) is 0. The summed E-state index contributed by atoms with van der Waals surface area (Å²) < 4.78 is 0. The van der Waals surface area contributed by atoms with Gasteiger partial charge in [-0.15, -0.1) is 0 Å². The smallest absolute Gasteiger partial charge is 0.0728 e. The molecule has 3 N–H and O–H groups in total. The van der Waals surface area contributed by atoms with Crippen LogP contribution in [0.3, 0.4) is 0 Å². The van der Waals surface area contributed by atoms with Gasteiger partial charge in [0, 0.05) is 6.42 Å². The zero-order chi connectivity index (χ0) is 10.9. The van der Waals surface area contributed by atoms with E-state index in [9.17, 15) is 5.11 Å². The SMILES string of the molecule is CC(CN)C1(O)CCc2ccccc2C1. The summed E-state index contributed by atoms with van der Waals surface area (Å²) in [6, 6.07) is 8.37. The lowest BCUT2D eigenvalue weighted by Crippen LogP contribution is -2.44. The van der Waals surface area contributed by atoms with Crippen molar-refractivity contribution in [2.24, 2.45) is 11.7 Å². The van der Waals surface area contributed by atoms with Crippen molar-refractivity contribution < 1.29 is 5.11 Å². The summed E-state index contributed by atoms with van der Waals surface area (Å²) in [6.07, 6.45) is 2.56. The van der Waals surface area contributed by atoms with Crippen molar-refractivity contribution in [2.75, 3.05) is 6.54 Å². The minimum Gasteiger partial charge on any atom is -0.389 e. The van der Waals surface area contributed by atoms with Gasteiger partial charge in [-0.1, -0.05) is 31.2 Å². The van der Waals surface area contributed by atoms with Crippen molar-refractivity contribution in [3.8, 4) is 0 Å². The van der Waals surface area contributed by atoms with Crippen LogP contribution in [0.5, 0.6) is 0 Å². The van der Waals surface area contributed by atoms with Gasteiger partial charge < -0.3 is 10.8 Å². The number of fused-ring (bicyclic) bond motifs is 1. The third kappa shape index (κ3) is 1.92. The van der Waals surface area contributed by atoms with Crippen LogP contribution in [0.2, 0.25) is 0 Å². The van der Waals surface area contributed by atoms with Gasteiger partial charge in [0.25, 0.3) is 0 Å². The number of benzene rings is 1. The Hall–Kier alpha value is -0.860. The molecule has 1 aromatic carbocycles. The highest BCUT2D eigenvalue weighted by Gasteiger charge is 2.36. The molecule has 82 valence electrons. The minimum atomic E-state index is -0.594. The Bertz CT molecular complexity index is 350. The monoisotopic (exact) mass is 205 g/mol. The zero-order valence-electron chi connectivity index (χ0n) is 9.24. The number of rotatable bonds is 2. The van der Waals surface area contributed by atoms with E-state index in [0.29, 0.717) is 6.54 Å². The van der Waals surface area contributed by atoms with E-state index in [4.69, 9.17) is 5.73 Å². The van der Waals surface area contributed by atoms with Gasteiger partial charge in [-0.3, -0.25) is 0 Å². The molecule has 0 aromatic heterocycles. The van der Waals surface area contributed by atoms with Crippen LogP contribution >= 0.6 is 0 Å². The first-order valence-corrected chi connectivity index (χ1v) is 5.65. The van der Waals surface area contributed by atoms with Crippen LogP contribution < -0.4 is 5.73 Å². The standard InChI is InChI=1S/C13H19NO/c1-10(9-14)13(15)7-6-11-4-2-3-5-12(11)8-13/h2-5,10,15H,6-9,14H2,1H3. The molecule has 2 rings (SSSR count). The maximum Gasteiger partial charge on any atom is 0.0728 e. The average molecular weight is 205 g/mol. The minimum absolute atomic E-state index is 0.172. The van der Waals surface area contributed by atoms with Gasteiger partial charge in [0.15, 0.2) is 0 Å². The fourth-order valence-corrected chi connectivity index (χ4v) is 2.38. The molecule has 1 aliphatic rings. The number of aryl methyl sites for hydroxylation is 1. The van der Waals surface area contributed by atoms with Crippen molar-refractivity contribution in [2.45, 2.75) is 31.8 Å². The normalized spacial score (nSPS) is 27.1. The van der Waals surface area contributed by atoms with Crippen LogP contribution in [0.1, 0.15) is 24.5 Å². The Morgan fingerprint density at radius 2 is 2.07 bits per heavy atom. The summed E-state index contributed by atoms with van der Waals surface area (Å²) in [5.41, 5.74) is 7.72. The summed E-state index contributed by atoms with van der Waals surface area (Å²) in [7, 11) is 0. The zero-order valence-corrected chi connectivity index (χ0v) is 9.24. The number of hydrogen-bond donors (Lipinski definition) is 2. The Labute approximate surface area is 91.1 Å². The first-order valence-electron chi connectivity index (χ1n) is 5.65. The van der Waals surface area contributed by atoms with E-state index in [-0.39, 0.29) is 5.92 Å². The third-order valence-electron chi connectivity index (χ3n) is 3.71. The lowest BCUT2D eigenvalue weighted by Gasteiger charge is -2.38. The van der Waals surface area contributed by atoms with E-state index in [0.717, 1.165) is 19.3 Å². The lowest BCUT2D eigenvalue weighted by atomic mass is 9.74. The van der Waals surface area contributed by atoms with Crippen molar-refractivity contribution >= 4 is 0 Å². The molecule has 0 saturated heterocycles. The van der Waals surface area contributed by atoms with E-state index >= 15 is 0 Å². The van der Waals surface area contributed by atoms with Crippen LogP contribution in [0, 0.1) is 5.92 Å². The van der Waals surface area contributed by atoms with Crippen LogP contribution in [0.15, 0.2) is 24.3 Å². The second kappa shape index (κ2) is 3.95. The molecule has 2 nitrogen and oxygen atoms in total. The number of nitrogens with two attached hydrogens (primary N) is 1. The van der Waals surface area contributed by atoms with Crippen LogP contribution in [-0.2, 0) is 12.8 Å². The quantitative estimate of drug-likeness (QED) is 0.768. The molecule has 0 saturated carbocycles. The van der Waals surface area contributed by atoms with Gasteiger partial charge in [-0.25, -0.2) is 0 Å². The topological polar surface area (TPSA) is 46.2 Å². The van der Waals surface area contributed by atoms with Gasteiger partial charge in [0.05, 0.1) is 5.60 Å². The molecular formula is C13H19NO. The molecule has 0 radical (unpaired) electrons. The molecule has 1 aliphatic carbocycles. The van der Waals surface area contributed by atoms with Crippen LogP contribution in [0.25, 0.3) is 0 Å². The average Bonchev–Trinajstić information content (AvgIpc) is 2.27. The molecule has 1 aromatic rings. The molecular weight excluding hydrogens is 186 g/mol. The Morgan fingerprint density at radius 1 is 1.40 bits per heavy atom. The Morgan fingerprint density at radius 3 is 2.73 bits per heavy atom. The highest BCUT2D eigenvalue weighted by molar-refractivity contribution is 5.31. The van der Waals surface area contributed by atoms with E-state index in [1.807, 2.05) is 13.0 Å². The van der Waals surface area contributed by atoms with Gasteiger partial charge in [-0.05, 0) is 36.4 Å². The highest BCUT2D eigenvalue weighted by Crippen LogP contribution is 2.33. The number of aliphatic hydroxyl groups is 1. The summed E-state index contributed by atoms with van der Waals surface area (Å²) in [5, 5.41) is 10.5. The molecule has 0 amide bonds. The van der Waals surface area contributed by atoms with Crippen molar-refractivity contribution in [3.63, 3.8) is 0 Å². The van der Waals surface area contributed by atoms with Crippen molar-refractivity contribution in [1.29, 1.82) is 0 Å². The van der Waals surface area contributed by atoms with E-state index in [1.54, 1.807) is 0 Å². The van der Waals surface area contributed by atoms with Gasteiger partial charge >= 0.3 is 0 Å². The summed E-state index contributed by atoms with van der Waals surface area (Å²) in [6.45, 7) is 2.59. The molecule has 2 unspecified atom stereocenters. The fourth-order valence-electron chi connectivity index (χ4n) is 2.38. The summed E-state index contributed by atoms with van der Waals surface area (Å²) in [5.74, 6) is 0.172. The molecule has 2 atom stereocenters. The predicted molar refractivity (Wildman–Crippen MR) is 61.6 cm³/mol. The van der Waals surface area contributed by atoms with Gasteiger partial charge in [0.2, 0.25) is 0 Å². The first-order chi connectivity index (χ1) is 7.15. The maximum atomic E-state index is 10.5.